The number of carbonyl (C=O) groups excluding carboxylic acids is 1. The first-order valence-corrected chi connectivity index (χ1v) is 10.7. The third kappa shape index (κ3) is 4.96. The van der Waals surface area contributed by atoms with Crippen LogP contribution >= 0.6 is 0 Å². The number of hydrogen-bond donors (Lipinski definition) is 1. The van der Waals surface area contributed by atoms with Crippen molar-refractivity contribution in [2.75, 3.05) is 36.5 Å². The molecule has 2 aromatic rings. The molecule has 0 saturated carbocycles. The minimum Gasteiger partial charge on any atom is -0.489 e. The lowest BCUT2D eigenvalue weighted by Gasteiger charge is -2.18. The fourth-order valence-electron chi connectivity index (χ4n) is 4.04. The van der Waals surface area contributed by atoms with Crippen LogP contribution in [0.1, 0.15) is 41.6 Å². The molecule has 4 rings (SSSR count). The SMILES string of the molecule is Cc1ccc(NC(=O)c2ccc(N3CCCC3)c([N+](=O)[O-])c2)c(OCC2CCCO2)c1. The van der Waals surface area contributed by atoms with Crippen molar-refractivity contribution in [2.24, 2.45) is 0 Å². The minimum atomic E-state index is -0.424. The second-order valence-electron chi connectivity index (χ2n) is 8.05. The summed E-state index contributed by atoms with van der Waals surface area (Å²) in [4.78, 5) is 26.1. The topological polar surface area (TPSA) is 93.9 Å². The first-order chi connectivity index (χ1) is 15.0. The second-order valence-corrected chi connectivity index (χ2v) is 8.05. The maximum atomic E-state index is 12.9. The number of aryl methyl sites for hydroxylation is 1. The number of rotatable bonds is 7. The van der Waals surface area contributed by atoms with Gasteiger partial charge in [0.05, 0.1) is 16.7 Å². The first kappa shape index (κ1) is 21.1. The lowest BCUT2D eigenvalue weighted by Crippen LogP contribution is -2.20. The molecule has 2 heterocycles. The van der Waals surface area contributed by atoms with Crippen molar-refractivity contribution in [1.82, 2.24) is 0 Å². The van der Waals surface area contributed by atoms with Crippen LogP contribution in [0, 0.1) is 17.0 Å². The van der Waals surface area contributed by atoms with Crippen LogP contribution in [0.5, 0.6) is 5.75 Å². The van der Waals surface area contributed by atoms with Gasteiger partial charge >= 0.3 is 0 Å². The molecule has 8 heteroatoms. The van der Waals surface area contributed by atoms with Gasteiger partial charge in [-0.25, -0.2) is 0 Å². The Bertz CT molecular complexity index is 966. The molecule has 1 atom stereocenters. The number of nitro benzene ring substituents is 1. The molecular weight excluding hydrogens is 398 g/mol. The monoisotopic (exact) mass is 425 g/mol. The van der Waals surface area contributed by atoms with E-state index in [0.717, 1.165) is 50.9 Å². The number of nitrogens with one attached hydrogen (secondary N) is 1. The third-order valence-electron chi connectivity index (χ3n) is 5.72. The number of carbonyl (C=O) groups is 1. The molecule has 1 unspecified atom stereocenters. The summed E-state index contributed by atoms with van der Waals surface area (Å²) in [5.74, 6) is 0.147. The van der Waals surface area contributed by atoms with E-state index in [1.54, 1.807) is 18.2 Å². The van der Waals surface area contributed by atoms with Crippen LogP contribution < -0.4 is 15.0 Å². The number of amides is 1. The molecule has 1 N–H and O–H groups in total. The van der Waals surface area contributed by atoms with Crippen molar-refractivity contribution >= 4 is 23.0 Å². The summed E-state index contributed by atoms with van der Waals surface area (Å²) >= 11 is 0. The van der Waals surface area contributed by atoms with Gasteiger partial charge in [0.1, 0.15) is 18.0 Å². The van der Waals surface area contributed by atoms with Crippen LogP contribution in [0.3, 0.4) is 0 Å². The van der Waals surface area contributed by atoms with Crippen LogP contribution in [0.4, 0.5) is 17.1 Å². The minimum absolute atomic E-state index is 0.0479. The molecule has 0 aromatic heterocycles. The van der Waals surface area contributed by atoms with Gasteiger partial charge in [-0.3, -0.25) is 14.9 Å². The Morgan fingerprint density at radius 3 is 2.74 bits per heavy atom. The second kappa shape index (κ2) is 9.34. The van der Waals surface area contributed by atoms with Crippen LogP contribution in [0.25, 0.3) is 0 Å². The van der Waals surface area contributed by atoms with Crippen molar-refractivity contribution in [3.63, 3.8) is 0 Å². The summed E-state index contributed by atoms with van der Waals surface area (Å²) in [6, 6.07) is 10.2. The standard InChI is InChI=1S/C23H27N3O5/c1-16-6-8-19(22(13-16)31-15-18-5-4-12-30-18)24-23(27)17-7-9-20(21(14-17)26(28)29)25-10-2-3-11-25/h6-9,13-14,18H,2-5,10-12,15H2,1H3,(H,24,27). The summed E-state index contributed by atoms with van der Waals surface area (Å²) in [6.45, 7) is 4.70. The number of ether oxygens (including phenoxy) is 2. The van der Waals surface area contributed by atoms with Gasteiger partial charge in [-0.15, -0.1) is 0 Å². The number of anilines is 2. The molecule has 1 amide bonds. The zero-order valence-corrected chi connectivity index (χ0v) is 17.6. The Morgan fingerprint density at radius 1 is 1.23 bits per heavy atom. The predicted molar refractivity (Wildman–Crippen MR) is 118 cm³/mol. The number of nitro groups is 1. The van der Waals surface area contributed by atoms with E-state index in [1.165, 1.54) is 6.07 Å². The van der Waals surface area contributed by atoms with Crippen LogP contribution in [0.2, 0.25) is 0 Å². The maximum Gasteiger partial charge on any atom is 0.293 e. The van der Waals surface area contributed by atoms with Crippen molar-refractivity contribution in [2.45, 2.75) is 38.7 Å². The molecule has 0 radical (unpaired) electrons. The highest BCUT2D eigenvalue weighted by Gasteiger charge is 2.24. The Morgan fingerprint density at radius 2 is 2.03 bits per heavy atom. The van der Waals surface area contributed by atoms with Gasteiger partial charge in [0.15, 0.2) is 0 Å². The molecular formula is C23H27N3O5. The van der Waals surface area contributed by atoms with Gasteiger partial charge in [0.2, 0.25) is 0 Å². The van der Waals surface area contributed by atoms with Crippen LogP contribution in [-0.4, -0.2) is 43.2 Å². The molecule has 2 aliphatic rings. The number of benzene rings is 2. The van der Waals surface area contributed by atoms with E-state index < -0.39 is 10.8 Å². The predicted octanol–water partition coefficient (Wildman–Crippen LogP) is 4.31. The van der Waals surface area contributed by atoms with Gasteiger partial charge in [0.25, 0.3) is 11.6 Å². The molecule has 164 valence electrons. The molecule has 8 nitrogen and oxygen atoms in total. The quantitative estimate of drug-likeness (QED) is 0.525. The zero-order valence-electron chi connectivity index (χ0n) is 17.6. The molecule has 2 aromatic carbocycles. The average Bonchev–Trinajstić information content (AvgIpc) is 3.47. The lowest BCUT2D eigenvalue weighted by atomic mass is 10.1. The van der Waals surface area contributed by atoms with E-state index >= 15 is 0 Å². The van der Waals surface area contributed by atoms with Gasteiger partial charge in [0, 0.05) is 31.3 Å². The lowest BCUT2D eigenvalue weighted by molar-refractivity contribution is -0.384. The van der Waals surface area contributed by atoms with E-state index in [1.807, 2.05) is 24.0 Å². The molecule has 2 fully saturated rings. The largest absolute Gasteiger partial charge is 0.489 e. The van der Waals surface area contributed by atoms with Gasteiger partial charge in [-0.1, -0.05) is 6.07 Å². The average molecular weight is 425 g/mol. The summed E-state index contributed by atoms with van der Waals surface area (Å²) in [5, 5.41) is 14.5. The van der Waals surface area contributed by atoms with Gasteiger partial charge in [-0.05, 0) is 62.4 Å². The van der Waals surface area contributed by atoms with E-state index in [2.05, 4.69) is 5.32 Å². The summed E-state index contributed by atoms with van der Waals surface area (Å²) < 4.78 is 11.5. The third-order valence-corrected chi connectivity index (χ3v) is 5.72. The van der Waals surface area contributed by atoms with Crippen LogP contribution in [0.15, 0.2) is 36.4 Å². The van der Waals surface area contributed by atoms with Crippen molar-refractivity contribution in [3.05, 3.63) is 57.6 Å². The van der Waals surface area contributed by atoms with Crippen LogP contribution in [-0.2, 0) is 4.74 Å². The normalized spacial score (nSPS) is 18.2. The molecule has 2 aliphatic heterocycles. The molecule has 0 aliphatic carbocycles. The summed E-state index contributed by atoms with van der Waals surface area (Å²) in [5.41, 5.74) is 2.29. The fraction of sp³-hybridized carbons (Fsp3) is 0.435. The van der Waals surface area contributed by atoms with Crippen molar-refractivity contribution in [3.8, 4) is 5.75 Å². The van der Waals surface area contributed by atoms with Crippen molar-refractivity contribution < 1.29 is 19.2 Å². The van der Waals surface area contributed by atoms with E-state index in [-0.39, 0.29) is 17.4 Å². The molecule has 2 saturated heterocycles. The molecule has 0 spiro atoms. The summed E-state index contributed by atoms with van der Waals surface area (Å²) in [6.07, 6.45) is 4.08. The number of nitrogens with zero attached hydrogens (tertiary/aromatic N) is 2. The van der Waals surface area contributed by atoms with E-state index in [9.17, 15) is 14.9 Å². The summed E-state index contributed by atoms with van der Waals surface area (Å²) in [7, 11) is 0. The first-order valence-electron chi connectivity index (χ1n) is 10.7. The van der Waals surface area contributed by atoms with Crippen molar-refractivity contribution in [1.29, 1.82) is 0 Å². The highest BCUT2D eigenvalue weighted by molar-refractivity contribution is 6.05. The Labute approximate surface area is 181 Å². The Balaban J connectivity index is 1.52. The Hall–Kier alpha value is -3.13. The molecule has 0 bridgehead atoms. The van der Waals surface area contributed by atoms with Gasteiger partial charge in [-0.2, -0.15) is 0 Å². The van der Waals surface area contributed by atoms with E-state index in [4.69, 9.17) is 9.47 Å². The highest BCUT2D eigenvalue weighted by Crippen LogP contribution is 2.33. The Kier molecular flexibility index (Phi) is 6.36. The number of hydrogen-bond acceptors (Lipinski definition) is 6. The maximum absolute atomic E-state index is 12.9. The zero-order chi connectivity index (χ0) is 21.8. The van der Waals surface area contributed by atoms with E-state index in [0.29, 0.717) is 23.7 Å². The highest BCUT2D eigenvalue weighted by atomic mass is 16.6. The van der Waals surface area contributed by atoms with Gasteiger partial charge < -0.3 is 19.7 Å². The fourth-order valence-corrected chi connectivity index (χ4v) is 4.04. The molecule has 31 heavy (non-hydrogen) atoms. The smallest absolute Gasteiger partial charge is 0.293 e.